The molecule has 1 heteroatoms. The highest BCUT2D eigenvalue weighted by Crippen LogP contribution is 2.33. The van der Waals surface area contributed by atoms with Gasteiger partial charge in [-0.3, -0.25) is 4.90 Å². The molecule has 1 atom stereocenters. The number of nitrogens with zero attached hydrogens (tertiary/aromatic N) is 1. The Morgan fingerprint density at radius 1 is 1.11 bits per heavy atom. The second-order valence-electron chi connectivity index (χ2n) is 5.52. The fourth-order valence-corrected chi connectivity index (χ4v) is 2.74. The molecule has 1 heterocycles. The summed E-state index contributed by atoms with van der Waals surface area (Å²) in [5.74, 6) is 0. The van der Waals surface area contributed by atoms with Gasteiger partial charge < -0.3 is 0 Å². The summed E-state index contributed by atoms with van der Waals surface area (Å²) in [5, 5.41) is 0. The number of hydrogen-bond acceptors (Lipinski definition) is 1. The van der Waals surface area contributed by atoms with E-state index in [1.165, 1.54) is 31.4 Å². The van der Waals surface area contributed by atoms with Crippen molar-refractivity contribution in [3.05, 3.63) is 47.0 Å². The van der Waals surface area contributed by atoms with Crippen LogP contribution in [0.15, 0.2) is 41.5 Å². The van der Waals surface area contributed by atoms with Crippen LogP contribution in [0.2, 0.25) is 0 Å². The number of hydrogen-bond donors (Lipinski definition) is 0. The van der Waals surface area contributed by atoms with Crippen LogP contribution in [0.1, 0.15) is 51.6 Å². The summed E-state index contributed by atoms with van der Waals surface area (Å²) < 4.78 is 0. The molecule has 1 aliphatic heterocycles. The van der Waals surface area contributed by atoms with Gasteiger partial charge >= 0.3 is 0 Å². The maximum atomic E-state index is 2.65. The van der Waals surface area contributed by atoms with Crippen molar-refractivity contribution in [3.8, 4) is 0 Å². The standard InChI is InChI=1S/C17H25N/c1-4-5-11-18-13-15(3)14(2)12-17(18)16-9-7-6-8-10-16/h6-10,17H,4-5,11-13H2,1-3H3. The van der Waals surface area contributed by atoms with E-state index in [1.807, 2.05) is 0 Å². The Kier molecular flexibility index (Phi) is 4.60. The highest BCUT2D eigenvalue weighted by atomic mass is 15.2. The highest BCUT2D eigenvalue weighted by molar-refractivity contribution is 5.26. The van der Waals surface area contributed by atoms with Crippen LogP contribution >= 0.6 is 0 Å². The van der Waals surface area contributed by atoms with Gasteiger partial charge in [0.1, 0.15) is 0 Å². The van der Waals surface area contributed by atoms with Crippen LogP contribution in [0.3, 0.4) is 0 Å². The van der Waals surface area contributed by atoms with Crippen molar-refractivity contribution >= 4 is 0 Å². The predicted molar refractivity (Wildman–Crippen MR) is 78.7 cm³/mol. The lowest BCUT2D eigenvalue weighted by molar-refractivity contribution is 0.196. The molecule has 1 aromatic carbocycles. The average Bonchev–Trinajstić information content (AvgIpc) is 2.40. The van der Waals surface area contributed by atoms with Crippen LogP contribution in [-0.4, -0.2) is 18.0 Å². The number of benzene rings is 1. The van der Waals surface area contributed by atoms with Gasteiger partial charge in [-0.25, -0.2) is 0 Å². The van der Waals surface area contributed by atoms with Gasteiger partial charge in [0.05, 0.1) is 0 Å². The van der Waals surface area contributed by atoms with Crippen LogP contribution in [0.5, 0.6) is 0 Å². The number of unbranched alkanes of at least 4 members (excludes halogenated alkanes) is 1. The maximum absolute atomic E-state index is 2.65. The van der Waals surface area contributed by atoms with Crippen molar-refractivity contribution in [1.29, 1.82) is 0 Å². The Hall–Kier alpha value is -1.08. The molecule has 1 aliphatic rings. The van der Waals surface area contributed by atoms with E-state index in [4.69, 9.17) is 0 Å². The first kappa shape index (κ1) is 13.4. The van der Waals surface area contributed by atoms with E-state index in [1.54, 1.807) is 11.1 Å². The minimum atomic E-state index is 0.585. The predicted octanol–water partition coefficient (Wildman–Crippen LogP) is 4.57. The lowest BCUT2D eigenvalue weighted by Crippen LogP contribution is -2.35. The zero-order valence-corrected chi connectivity index (χ0v) is 11.9. The Morgan fingerprint density at radius 3 is 2.50 bits per heavy atom. The lowest BCUT2D eigenvalue weighted by Gasteiger charge is -2.37. The third-order valence-corrected chi connectivity index (χ3v) is 4.09. The van der Waals surface area contributed by atoms with Crippen molar-refractivity contribution < 1.29 is 0 Å². The Labute approximate surface area is 112 Å². The Bertz CT molecular complexity index is 405. The third-order valence-electron chi connectivity index (χ3n) is 4.09. The van der Waals surface area contributed by atoms with Gasteiger partial charge in [-0.15, -0.1) is 0 Å². The highest BCUT2D eigenvalue weighted by Gasteiger charge is 2.25. The summed E-state index contributed by atoms with van der Waals surface area (Å²) in [6.07, 6.45) is 3.77. The molecule has 2 rings (SSSR count). The topological polar surface area (TPSA) is 3.24 Å². The molecule has 0 spiro atoms. The lowest BCUT2D eigenvalue weighted by atomic mass is 9.91. The van der Waals surface area contributed by atoms with Crippen molar-refractivity contribution in [3.63, 3.8) is 0 Å². The van der Waals surface area contributed by atoms with Crippen LogP contribution in [0, 0.1) is 0 Å². The van der Waals surface area contributed by atoms with E-state index >= 15 is 0 Å². The molecule has 0 amide bonds. The van der Waals surface area contributed by atoms with Crippen molar-refractivity contribution in [2.75, 3.05) is 13.1 Å². The molecule has 98 valence electrons. The van der Waals surface area contributed by atoms with Gasteiger partial charge in [0, 0.05) is 12.6 Å². The van der Waals surface area contributed by atoms with Crippen LogP contribution in [0.4, 0.5) is 0 Å². The van der Waals surface area contributed by atoms with Gasteiger partial charge in [-0.1, -0.05) is 54.8 Å². The summed E-state index contributed by atoms with van der Waals surface area (Å²) >= 11 is 0. The van der Waals surface area contributed by atoms with Gasteiger partial charge in [0.25, 0.3) is 0 Å². The normalized spacial score (nSPS) is 21.4. The summed E-state index contributed by atoms with van der Waals surface area (Å²) in [6, 6.07) is 11.6. The molecule has 0 bridgehead atoms. The first-order chi connectivity index (χ1) is 8.72. The molecule has 1 nitrogen and oxygen atoms in total. The number of rotatable bonds is 4. The van der Waals surface area contributed by atoms with Crippen LogP contribution in [0.25, 0.3) is 0 Å². The van der Waals surface area contributed by atoms with Crippen molar-refractivity contribution in [1.82, 2.24) is 4.90 Å². The minimum Gasteiger partial charge on any atom is -0.292 e. The molecule has 0 fully saturated rings. The largest absolute Gasteiger partial charge is 0.292 e. The molecular weight excluding hydrogens is 218 g/mol. The first-order valence-electron chi connectivity index (χ1n) is 7.16. The summed E-state index contributed by atoms with van der Waals surface area (Å²) in [6.45, 7) is 9.22. The molecule has 18 heavy (non-hydrogen) atoms. The molecule has 0 saturated heterocycles. The smallest absolute Gasteiger partial charge is 0.0388 e. The first-order valence-corrected chi connectivity index (χ1v) is 7.16. The van der Waals surface area contributed by atoms with Gasteiger partial charge in [0.15, 0.2) is 0 Å². The molecule has 0 saturated carbocycles. The van der Waals surface area contributed by atoms with Gasteiger partial charge in [0.2, 0.25) is 0 Å². The average molecular weight is 243 g/mol. The summed E-state index contributed by atoms with van der Waals surface area (Å²) in [5.41, 5.74) is 4.62. The van der Waals surface area contributed by atoms with Gasteiger partial charge in [-0.2, -0.15) is 0 Å². The Balaban J connectivity index is 2.19. The monoisotopic (exact) mass is 243 g/mol. The quantitative estimate of drug-likeness (QED) is 0.700. The molecule has 0 aliphatic carbocycles. The second kappa shape index (κ2) is 6.19. The van der Waals surface area contributed by atoms with Crippen molar-refractivity contribution in [2.24, 2.45) is 0 Å². The van der Waals surface area contributed by atoms with E-state index in [2.05, 4.69) is 56.0 Å². The van der Waals surface area contributed by atoms with E-state index in [0.717, 1.165) is 6.54 Å². The molecule has 0 N–H and O–H groups in total. The summed E-state index contributed by atoms with van der Waals surface area (Å²) in [4.78, 5) is 2.65. The molecular formula is C17H25N. The third kappa shape index (κ3) is 3.02. The maximum Gasteiger partial charge on any atom is 0.0388 e. The minimum absolute atomic E-state index is 0.585. The molecule has 1 aromatic rings. The van der Waals surface area contributed by atoms with E-state index in [0.29, 0.717) is 6.04 Å². The zero-order chi connectivity index (χ0) is 13.0. The summed E-state index contributed by atoms with van der Waals surface area (Å²) in [7, 11) is 0. The zero-order valence-electron chi connectivity index (χ0n) is 11.9. The van der Waals surface area contributed by atoms with E-state index in [-0.39, 0.29) is 0 Å². The van der Waals surface area contributed by atoms with Crippen LogP contribution in [-0.2, 0) is 0 Å². The van der Waals surface area contributed by atoms with E-state index in [9.17, 15) is 0 Å². The SMILES string of the molecule is CCCCN1CC(C)=C(C)CC1c1ccccc1. The van der Waals surface area contributed by atoms with Gasteiger partial charge in [-0.05, 0) is 38.8 Å². The molecule has 1 unspecified atom stereocenters. The van der Waals surface area contributed by atoms with E-state index < -0.39 is 0 Å². The van der Waals surface area contributed by atoms with Crippen LogP contribution < -0.4 is 0 Å². The fraction of sp³-hybridized carbons (Fsp3) is 0.529. The second-order valence-corrected chi connectivity index (χ2v) is 5.52. The Morgan fingerprint density at radius 2 is 1.83 bits per heavy atom. The fourth-order valence-electron chi connectivity index (χ4n) is 2.74. The molecule has 0 radical (unpaired) electrons. The van der Waals surface area contributed by atoms with Crippen molar-refractivity contribution in [2.45, 2.75) is 46.1 Å². The molecule has 0 aromatic heterocycles.